The second-order valence-electron chi connectivity index (χ2n) is 7.43. The molecule has 0 saturated heterocycles. The number of benzene rings is 1. The number of Topliss-reactive ketones (excluding diaryl/α,β-unsaturated/α-hetero) is 1. The van der Waals surface area contributed by atoms with Crippen molar-refractivity contribution in [1.29, 1.82) is 0 Å². The van der Waals surface area contributed by atoms with Crippen molar-refractivity contribution in [2.24, 2.45) is 0 Å². The number of ether oxygens (including phenoxy) is 4. The van der Waals surface area contributed by atoms with E-state index >= 15 is 0 Å². The van der Waals surface area contributed by atoms with Crippen LogP contribution < -0.4 is 20.1 Å². The molecule has 0 saturated carbocycles. The van der Waals surface area contributed by atoms with Gasteiger partial charge in [-0.05, 0) is 44.3 Å². The number of rotatable bonds is 21. The van der Waals surface area contributed by atoms with Crippen LogP contribution in [0.4, 0.5) is 0 Å². The fraction of sp³-hybridized carbons (Fsp3) is 0.708. The molecule has 1 aromatic carbocycles. The molecule has 7 nitrogen and oxygen atoms in total. The lowest BCUT2D eigenvalue weighted by molar-refractivity contribution is 0.0979. The Hall–Kier alpha value is -1.24. The number of carbonyl (C=O) groups is 1. The van der Waals surface area contributed by atoms with E-state index in [1.807, 2.05) is 26.0 Å². The van der Waals surface area contributed by atoms with Crippen molar-refractivity contribution >= 4 is 14.4 Å². The van der Waals surface area contributed by atoms with Crippen molar-refractivity contribution in [3.05, 3.63) is 23.3 Å². The van der Waals surface area contributed by atoms with Gasteiger partial charge < -0.3 is 29.6 Å². The predicted molar refractivity (Wildman–Crippen MR) is 134 cm³/mol. The second kappa shape index (κ2) is 19.2. The fourth-order valence-corrected chi connectivity index (χ4v) is 3.77. The maximum Gasteiger partial charge on any atom is 0.162 e. The summed E-state index contributed by atoms with van der Waals surface area (Å²) in [6.07, 6.45) is 3.58. The summed E-state index contributed by atoms with van der Waals surface area (Å²) in [6.45, 7) is 12.9. The first kappa shape index (κ1) is 28.8. The van der Waals surface area contributed by atoms with Crippen molar-refractivity contribution < 1.29 is 23.7 Å². The van der Waals surface area contributed by atoms with Gasteiger partial charge >= 0.3 is 0 Å². The van der Waals surface area contributed by atoms with Gasteiger partial charge in [-0.2, -0.15) is 0 Å². The van der Waals surface area contributed by atoms with Gasteiger partial charge in [-0.1, -0.05) is 13.8 Å². The smallest absolute Gasteiger partial charge is 0.162 e. The maximum atomic E-state index is 12.3. The molecule has 0 aliphatic heterocycles. The third kappa shape index (κ3) is 12.7. The fourth-order valence-electron chi connectivity index (χ4n) is 2.92. The molecule has 1 aromatic rings. The summed E-state index contributed by atoms with van der Waals surface area (Å²) in [4.78, 5) is 12.3. The minimum atomic E-state index is 0.0894. The molecule has 0 radical (unpaired) electrons. The van der Waals surface area contributed by atoms with E-state index < -0.39 is 0 Å². The van der Waals surface area contributed by atoms with E-state index in [0.717, 1.165) is 78.0 Å². The average Bonchev–Trinajstić information content (AvgIpc) is 2.80. The molecule has 1 unspecified atom stereocenters. The summed E-state index contributed by atoms with van der Waals surface area (Å²) in [6, 6.07) is 3.67. The van der Waals surface area contributed by atoms with E-state index in [2.05, 4.69) is 17.6 Å². The van der Waals surface area contributed by atoms with E-state index in [0.29, 0.717) is 37.6 Å². The van der Waals surface area contributed by atoms with Gasteiger partial charge in [0.05, 0.1) is 19.8 Å². The van der Waals surface area contributed by atoms with Crippen LogP contribution in [0.15, 0.2) is 12.1 Å². The molecule has 0 spiro atoms. The first-order valence-corrected chi connectivity index (χ1v) is 13.2. The molecule has 0 amide bonds. The Morgan fingerprint density at radius 1 is 0.875 bits per heavy atom. The second-order valence-corrected chi connectivity index (χ2v) is 8.93. The Morgan fingerprint density at radius 3 is 2.22 bits per heavy atom. The van der Waals surface area contributed by atoms with Crippen molar-refractivity contribution in [3.8, 4) is 11.5 Å². The van der Waals surface area contributed by atoms with Gasteiger partial charge in [-0.25, -0.2) is 0 Å². The predicted octanol–water partition coefficient (Wildman–Crippen LogP) is 3.28. The zero-order valence-corrected chi connectivity index (χ0v) is 21.4. The monoisotopic (exact) mass is 470 g/mol. The van der Waals surface area contributed by atoms with Crippen molar-refractivity contribution in [3.63, 3.8) is 0 Å². The van der Waals surface area contributed by atoms with Crippen LogP contribution in [0.25, 0.3) is 0 Å². The van der Waals surface area contributed by atoms with Gasteiger partial charge in [0.2, 0.25) is 0 Å². The van der Waals surface area contributed by atoms with Crippen LogP contribution in [0.1, 0.15) is 42.6 Å². The molecule has 0 bridgehead atoms. The zero-order valence-electron chi connectivity index (χ0n) is 20.4. The van der Waals surface area contributed by atoms with Gasteiger partial charge in [-0.3, -0.25) is 4.79 Å². The molecule has 1 rings (SSSR count). The topological polar surface area (TPSA) is 78.1 Å². The van der Waals surface area contributed by atoms with E-state index in [9.17, 15) is 4.79 Å². The Labute approximate surface area is 196 Å². The standard InChI is InChI=1S/C24H43N2O5P/c1-5-11-29-13-14-30-23-18-21(22(27)6-2)19-24(20(23)3)31-15-17-32-16-10-26-8-7-25-9-12-28-4/h18-19,25-26,32H,5-17H2,1-4H3. The molecular weight excluding hydrogens is 427 g/mol. The van der Waals surface area contributed by atoms with Crippen molar-refractivity contribution in [2.75, 3.05) is 78.6 Å². The maximum absolute atomic E-state index is 12.3. The summed E-state index contributed by atoms with van der Waals surface area (Å²) < 4.78 is 22.4. The van der Waals surface area contributed by atoms with Crippen LogP contribution in [-0.2, 0) is 9.47 Å². The minimum Gasteiger partial charge on any atom is -0.493 e. The number of carbonyl (C=O) groups excluding carboxylic acids is 1. The van der Waals surface area contributed by atoms with Crippen LogP contribution in [0.2, 0.25) is 0 Å². The summed E-state index contributed by atoms with van der Waals surface area (Å²) in [5.74, 6) is 1.52. The van der Waals surface area contributed by atoms with Gasteiger partial charge in [0, 0.05) is 50.9 Å². The van der Waals surface area contributed by atoms with Crippen molar-refractivity contribution in [2.45, 2.75) is 33.6 Å². The van der Waals surface area contributed by atoms with E-state index in [1.54, 1.807) is 7.11 Å². The highest BCUT2D eigenvalue weighted by molar-refractivity contribution is 7.38. The first-order valence-electron chi connectivity index (χ1n) is 11.8. The third-order valence-corrected chi connectivity index (χ3v) is 5.93. The largest absolute Gasteiger partial charge is 0.493 e. The Balaban J connectivity index is 2.38. The van der Waals surface area contributed by atoms with Gasteiger partial charge in [0.25, 0.3) is 0 Å². The lowest BCUT2D eigenvalue weighted by Crippen LogP contribution is -2.30. The summed E-state index contributed by atoms with van der Waals surface area (Å²) in [7, 11) is 2.55. The molecule has 1 atom stereocenters. The molecular formula is C24H43N2O5P. The minimum absolute atomic E-state index is 0.0894. The number of nitrogens with one attached hydrogen (secondary N) is 2. The Bertz CT molecular complexity index is 631. The number of ketones is 1. The molecule has 0 heterocycles. The summed E-state index contributed by atoms with van der Waals surface area (Å²) in [5.41, 5.74) is 1.57. The van der Waals surface area contributed by atoms with Crippen LogP contribution in [-0.4, -0.2) is 84.4 Å². The quantitative estimate of drug-likeness (QED) is 0.162. The zero-order chi connectivity index (χ0) is 23.4. The molecule has 0 aromatic heterocycles. The van der Waals surface area contributed by atoms with Crippen LogP contribution in [0.3, 0.4) is 0 Å². The molecule has 2 N–H and O–H groups in total. The highest BCUT2D eigenvalue weighted by Crippen LogP contribution is 2.31. The molecule has 32 heavy (non-hydrogen) atoms. The molecule has 184 valence electrons. The van der Waals surface area contributed by atoms with E-state index in [-0.39, 0.29) is 5.78 Å². The molecule has 0 aliphatic carbocycles. The van der Waals surface area contributed by atoms with Gasteiger partial charge in [0.15, 0.2) is 5.78 Å². The van der Waals surface area contributed by atoms with E-state index in [1.165, 1.54) is 0 Å². The number of hydrogen-bond donors (Lipinski definition) is 2. The molecule has 0 aliphatic rings. The number of methoxy groups -OCH3 is 1. The normalized spacial score (nSPS) is 11.4. The highest BCUT2D eigenvalue weighted by atomic mass is 31.1. The van der Waals surface area contributed by atoms with Crippen LogP contribution >= 0.6 is 8.58 Å². The first-order chi connectivity index (χ1) is 15.6. The van der Waals surface area contributed by atoms with Gasteiger partial charge in [0.1, 0.15) is 18.1 Å². The number of hydrogen-bond acceptors (Lipinski definition) is 7. The lowest BCUT2D eigenvalue weighted by atomic mass is 10.0. The molecule has 8 heteroatoms. The average molecular weight is 471 g/mol. The van der Waals surface area contributed by atoms with Gasteiger partial charge in [-0.15, -0.1) is 8.58 Å². The summed E-state index contributed by atoms with van der Waals surface area (Å²) >= 11 is 0. The van der Waals surface area contributed by atoms with Crippen molar-refractivity contribution in [1.82, 2.24) is 10.6 Å². The third-order valence-electron chi connectivity index (χ3n) is 4.77. The highest BCUT2D eigenvalue weighted by Gasteiger charge is 2.13. The van der Waals surface area contributed by atoms with Crippen LogP contribution in [0.5, 0.6) is 11.5 Å². The Kier molecular flexibility index (Phi) is 17.3. The SMILES string of the molecule is CCCOCCOc1cc(C(=O)CC)cc(OCCPCCNCCNCCOC)c1C. The summed E-state index contributed by atoms with van der Waals surface area (Å²) in [5, 5.41) is 6.76. The van der Waals surface area contributed by atoms with E-state index in [4.69, 9.17) is 18.9 Å². The molecule has 0 fully saturated rings. The lowest BCUT2D eigenvalue weighted by Gasteiger charge is -2.16. The Morgan fingerprint density at radius 2 is 1.56 bits per heavy atom. The van der Waals surface area contributed by atoms with Crippen LogP contribution in [0, 0.1) is 6.92 Å².